The van der Waals surface area contributed by atoms with E-state index in [1.54, 1.807) is 7.05 Å². The van der Waals surface area contributed by atoms with Crippen molar-refractivity contribution in [3.8, 4) is 0 Å². The first-order valence-corrected chi connectivity index (χ1v) is 11.3. The first-order chi connectivity index (χ1) is 14.3. The van der Waals surface area contributed by atoms with Gasteiger partial charge in [0.25, 0.3) is 0 Å². The van der Waals surface area contributed by atoms with Gasteiger partial charge in [-0.3, -0.25) is 4.99 Å². The van der Waals surface area contributed by atoms with Gasteiger partial charge in [-0.15, -0.1) is 35.7 Å². The maximum Gasteiger partial charge on any atom is 0.191 e. The fourth-order valence-corrected chi connectivity index (χ4v) is 4.05. The topological polar surface area (TPSA) is 55.8 Å². The van der Waals surface area contributed by atoms with Crippen LogP contribution in [0.25, 0.3) is 0 Å². The molecule has 0 atom stereocenters. The quantitative estimate of drug-likeness (QED) is 0.176. The van der Waals surface area contributed by atoms with Gasteiger partial charge >= 0.3 is 0 Å². The second-order valence-electron chi connectivity index (χ2n) is 6.96. The van der Waals surface area contributed by atoms with Gasteiger partial charge in [-0.05, 0) is 30.3 Å². The highest BCUT2D eigenvalue weighted by molar-refractivity contribution is 14.0. The first kappa shape index (κ1) is 24.7. The molecule has 1 aliphatic rings. The monoisotopic (exact) mass is 540 g/mol. The summed E-state index contributed by atoms with van der Waals surface area (Å²) in [6, 6.07) is 14.7. The van der Waals surface area contributed by atoms with Crippen LogP contribution < -0.4 is 15.5 Å². The van der Waals surface area contributed by atoms with Gasteiger partial charge in [-0.1, -0.05) is 31.2 Å². The van der Waals surface area contributed by atoms with Gasteiger partial charge in [0, 0.05) is 63.2 Å². The molecule has 30 heavy (non-hydrogen) atoms. The van der Waals surface area contributed by atoms with Crippen LogP contribution in [0.4, 0.5) is 5.82 Å². The summed E-state index contributed by atoms with van der Waals surface area (Å²) in [6.45, 7) is 9.26. The van der Waals surface area contributed by atoms with Crippen LogP contribution in [0, 0.1) is 0 Å². The SMILES string of the molecule is CCN1CCN(c2ccc(CNC(=NC)NCCSc3ccccc3)cn2)CC1.I. The minimum atomic E-state index is 0. The molecule has 1 saturated heterocycles. The number of aliphatic imine (C=N–C) groups is 1. The second-order valence-corrected chi connectivity index (χ2v) is 8.13. The lowest BCUT2D eigenvalue weighted by molar-refractivity contribution is 0.270. The highest BCUT2D eigenvalue weighted by Gasteiger charge is 2.16. The molecule has 0 radical (unpaired) electrons. The predicted octanol–water partition coefficient (Wildman–Crippen LogP) is 3.30. The summed E-state index contributed by atoms with van der Waals surface area (Å²) in [6.07, 6.45) is 1.97. The van der Waals surface area contributed by atoms with Crippen molar-refractivity contribution in [1.29, 1.82) is 0 Å². The van der Waals surface area contributed by atoms with Crippen LogP contribution in [0.3, 0.4) is 0 Å². The molecule has 0 amide bonds. The predicted molar refractivity (Wildman–Crippen MR) is 139 cm³/mol. The fourth-order valence-electron chi connectivity index (χ4n) is 3.26. The number of pyridine rings is 1. The van der Waals surface area contributed by atoms with Crippen molar-refractivity contribution < 1.29 is 0 Å². The lowest BCUT2D eigenvalue weighted by atomic mass is 10.2. The zero-order valence-electron chi connectivity index (χ0n) is 17.9. The summed E-state index contributed by atoms with van der Waals surface area (Å²) in [5, 5.41) is 6.73. The number of aromatic nitrogens is 1. The average Bonchev–Trinajstić information content (AvgIpc) is 2.80. The third kappa shape index (κ3) is 7.96. The van der Waals surface area contributed by atoms with Crippen molar-refractivity contribution >= 4 is 47.5 Å². The van der Waals surface area contributed by atoms with Crippen molar-refractivity contribution in [3.05, 3.63) is 54.2 Å². The minimum Gasteiger partial charge on any atom is -0.356 e. The number of hydrogen-bond acceptors (Lipinski definition) is 5. The standard InChI is InChI=1S/C22H32N6S.HI/c1-3-27-12-14-28(15-13-27)21-10-9-19(17-25-21)18-26-22(23-2)24-11-16-29-20-7-5-4-6-8-20;/h4-10,17H,3,11-16,18H2,1-2H3,(H2,23,24,26);1H. The number of thioether (sulfide) groups is 1. The summed E-state index contributed by atoms with van der Waals surface area (Å²) >= 11 is 1.84. The zero-order chi connectivity index (χ0) is 20.3. The molecule has 1 aliphatic heterocycles. The van der Waals surface area contributed by atoms with Crippen LogP contribution in [0.15, 0.2) is 58.5 Å². The number of nitrogens with one attached hydrogen (secondary N) is 2. The molecule has 0 unspecified atom stereocenters. The van der Waals surface area contributed by atoms with Crippen molar-refractivity contribution in [2.45, 2.75) is 18.4 Å². The molecule has 1 fully saturated rings. The summed E-state index contributed by atoms with van der Waals surface area (Å²) in [5.41, 5.74) is 1.16. The maximum atomic E-state index is 4.67. The molecule has 1 aromatic heterocycles. The molecule has 0 saturated carbocycles. The van der Waals surface area contributed by atoms with E-state index >= 15 is 0 Å². The molecular formula is C22H33IN6S. The van der Waals surface area contributed by atoms with Crippen molar-refractivity contribution in [2.24, 2.45) is 4.99 Å². The summed E-state index contributed by atoms with van der Waals surface area (Å²) in [4.78, 5) is 15.1. The van der Waals surface area contributed by atoms with Crippen LogP contribution in [0.5, 0.6) is 0 Å². The van der Waals surface area contributed by atoms with Gasteiger partial charge in [0.1, 0.15) is 5.82 Å². The van der Waals surface area contributed by atoms with Crippen molar-refractivity contribution in [3.63, 3.8) is 0 Å². The molecule has 0 bridgehead atoms. The van der Waals surface area contributed by atoms with Gasteiger partial charge in [-0.25, -0.2) is 4.98 Å². The number of guanidine groups is 1. The highest BCUT2D eigenvalue weighted by Crippen LogP contribution is 2.16. The Hall–Kier alpha value is -1.52. The van der Waals surface area contributed by atoms with E-state index < -0.39 is 0 Å². The van der Waals surface area contributed by atoms with E-state index in [2.05, 4.69) is 73.7 Å². The lowest BCUT2D eigenvalue weighted by Crippen LogP contribution is -2.46. The first-order valence-electron chi connectivity index (χ1n) is 10.3. The molecular weight excluding hydrogens is 507 g/mol. The van der Waals surface area contributed by atoms with Crippen LogP contribution >= 0.6 is 35.7 Å². The Morgan fingerprint density at radius 1 is 1.07 bits per heavy atom. The molecule has 2 heterocycles. The summed E-state index contributed by atoms with van der Waals surface area (Å²) in [7, 11) is 1.80. The summed E-state index contributed by atoms with van der Waals surface area (Å²) < 4.78 is 0. The molecule has 3 rings (SSSR count). The Balaban J connectivity index is 0.00000320. The Kier molecular flexibility index (Phi) is 11.3. The lowest BCUT2D eigenvalue weighted by Gasteiger charge is -2.34. The van der Waals surface area contributed by atoms with E-state index in [4.69, 9.17) is 0 Å². The fraction of sp³-hybridized carbons (Fsp3) is 0.455. The van der Waals surface area contributed by atoms with Gasteiger partial charge in [-0.2, -0.15) is 0 Å². The minimum absolute atomic E-state index is 0. The number of benzene rings is 1. The van der Waals surface area contributed by atoms with Crippen LogP contribution in [-0.2, 0) is 6.54 Å². The Bertz CT molecular complexity index is 748. The molecule has 0 aliphatic carbocycles. The number of hydrogen-bond donors (Lipinski definition) is 2. The van der Waals surface area contributed by atoms with E-state index in [1.165, 1.54) is 4.90 Å². The van der Waals surface area contributed by atoms with E-state index in [1.807, 2.05) is 24.0 Å². The number of likely N-dealkylation sites (N-methyl/N-ethyl adjacent to an activating group) is 1. The largest absolute Gasteiger partial charge is 0.356 e. The molecule has 6 nitrogen and oxygen atoms in total. The molecule has 2 aromatic rings. The van der Waals surface area contributed by atoms with Crippen LogP contribution in [0.2, 0.25) is 0 Å². The number of halogens is 1. The third-order valence-corrected chi connectivity index (χ3v) is 6.06. The van der Waals surface area contributed by atoms with Gasteiger partial charge < -0.3 is 20.4 Å². The Morgan fingerprint density at radius 3 is 2.47 bits per heavy atom. The number of piperazine rings is 1. The number of anilines is 1. The van der Waals surface area contributed by atoms with Gasteiger partial charge in [0.2, 0.25) is 0 Å². The molecule has 0 spiro atoms. The molecule has 1 aromatic carbocycles. The molecule has 8 heteroatoms. The van der Waals surface area contributed by atoms with E-state index in [-0.39, 0.29) is 24.0 Å². The average molecular weight is 541 g/mol. The second kappa shape index (κ2) is 13.7. The number of rotatable bonds is 8. The maximum absolute atomic E-state index is 4.67. The van der Waals surface area contributed by atoms with Crippen molar-refractivity contribution in [1.82, 2.24) is 20.5 Å². The van der Waals surface area contributed by atoms with Crippen molar-refractivity contribution in [2.75, 3.05) is 57.0 Å². The van der Waals surface area contributed by atoms with E-state index in [0.717, 1.165) is 62.4 Å². The molecule has 2 N–H and O–H groups in total. The Morgan fingerprint density at radius 2 is 1.83 bits per heavy atom. The van der Waals surface area contributed by atoms with E-state index in [9.17, 15) is 0 Å². The highest BCUT2D eigenvalue weighted by atomic mass is 127. The summed E-state index contributed by atoms with van der Waals surface area (Å²) in [5.74, 6) is 2.88. The van der Waals surface area contributed by atoms with E-state index in [0.29, 0.717) is 6.54 Å². The zero-order valence-corrected chi connectivity index (χ0v) is 21.0. The third-order valence-electron chi connectivity index (χ3n) is 5.04. The molecule has 164 valence electrons. The van der Waals surface area contributed by atoms with Crippen LogP contribution in [0.1, 0.15) is 12.5 Å². The Labute approximate surface area is 201 Å². The van der Waals surface area contributed by atoms with Crippen LogP contribution in [-0.4, -0.2) is 67.9 Å². The van der Waals surface area contributed by atoms with Gasteiger partial charge in [0.05, 0.1) is 0 Å². The number of nitrogens with zero attached hydrogens (tertiary/aromatic N) is 4. The smallest absolute Gasteiger partial charge is 0.191 e. The normalized spacial score (nSPS) is 14.9. The van der Waals surface area contributed by atoms with Gasteiger partial charge in [0.15, 0.2) is 5.96 Å².